The average Bonchev–Trinajstić information content (AvgIpc) is 2.36. The van der Waals surface area contributed by atoms with Crippen LogP contribution in [-0.2, 0) is 6.61 Å². The number of nitrogens with zero attached hydrogens (tertiary/aromatic N) is 1. The van der Waals surface area contributed by atoms with Crippen LogP contribution in [0.15, 0.2) is 42.5 Å². The fraction of sp³-hybridized carbons (Fsp3) is 0.154. The summed E-state index contributed by atoms with van der Waals surface area (Å²) < 4.78 is 45.8. The van der Waals surface area contributed by atoms with Crippen LogP contribution in [0.3, 0.4) is 0 Å². The van der Waals surface area contributed by atoms with Crippen LogP contribution in [0.25, 0.3) is 0 Å². The lowest BCUT2D eigenvalue weighted by Gasteiger charge is -2.13. The lowest BCUT2D eigenvalue weighted by atomic mass is 10.3. The number of nitrogens with two attached hydrogens (primary N) is 1. The summed E-state index contributed by atoms with van der Waals surface area (Å²) in [6.07, 6.45) is -4.77. The molecule has 4 nitrogen and oxygen atoms in total. The SMILES string of the molecule is Nc1cccc(COc2ccccc2OC(F)(F)F)n1. The largest absolute Gasteiger partial charge is 0.573 e. The first-order valence-corrected chi connectivity index (χ1v) is 5.63. The Balaban J connectivity index is 2.09. The number of hydrogen-bond donors (Lipinski definition) is 1. The molecule has 7 heteroatoms. The quantitative estimate of drug-likeness (QED) is 0.937. The van der Waals surface area contributed by atoms with Crippen molar-refractivity contribution in [3.63, 3.8) is 0 Å². The fourth-order valence-electron chi connectivity index (χ4n) is 1.51. The number of anilines is 1. The molecule has 1 aromatic carbocycles. The Bertz CT molecular complexity index is 588. The highest BCUT2D eigenvalue weighted by Gasteiger charge is 2.32. The van der Waals surface area contributed by atoms with Gasteiger partial charge in [0.1, 0.15) is 12.4 Å². The Labute approximate surface area is 113 Å². The van der Waals surface area contributed by atoms with Gasteiger partial charge in [-0.1, -0.05) is 18.2 Å². The van der Waals surface area contributed by atoms with E-state index >= 15 is 0 Å². The first-order valence-electron chi connectivity index (χ1n) is 5.63. The van der Waals surface area contributed by atoms with Crippen LogP contribution in [0.5, 0.6) is 11.5 Å². The van der Waals surface area contributed by atoms with Crippen LogP contribution in [-0.4, -0.2) is 11.3 Å². The second-order valence-corrected chi connectivity index (χ2v) is 3.84. The van der Waals surface area contributed by atoms with Gasteiger partial charge in [-0.05, 0) is 24.3 Å². The molecule has 1 aromatic heterocycles. The summed E-state index contributed by atoms with van der Waals surface area (Å²) in [7, 11) is 0. The Hall–Kier alpha value is -2.44. The summed E-state index contributed by atoms with van der Waals surface area (Å²) in [6, 6.07) is 10.5. The molecule has 0 amide bonds. The number of aromatic nitrogens is 1. The Morgan fingerprint density at radius 1 is 1.00 bits per heavy atom. The maximum atomic E-state index is 12.2. The van der Waals surface area contributed by atoms with E-state index in [0.29, 0.717) is 11.5 Å². The van der Waals surface area contributed by atoms with Crippen molar-refractivity contribution in [2.75, 3.05) is 5.73 Å². The summed E-state index contributed by atoms with van der Waals surface area (Å²) in [4.78, 5) is 3.98. The van der Waals surface area contributed by atoms with Crippen molar-refractivity contribution in [3.8, 4) is 11.5 Å². The van der Waals surface area contributed by atoms with Gasteiger partial charge < -0.3 is 15.2 Å². The van der Waals surface area contributed by atoms with E-state index < -0.39 is 12.1 Å². The van der Waals surface area contributed by atoms with Crippen LogP contribution < -0.4 is 15.2 Å². The van der Waals surface area contributed by atoms with Crippen molar-refractivity contribution in [3.05, 3.63) is 48.2 Å². The summed E-state index contributed by atoms with van der Waals surface area (Å²) in [5.74, 6) is -0.108. The first-order chi connectivity index (χ1) is 9.44. The summed E-state index contributed by atoms with van der Waals surface area (Å²) in [5, 5.41) is 0. The zero-order valence-electron chi connectivity index (χ0n) is 10.2. The molecule has 0 aliphatic rings. The van der Waals surface area contributed by atoms with Crippen molar-refractivity contribution < 1.29 is 22.6 Å². The minimum atomic E-state index is -4.77. The van der Waals surface area contributed by atoms with Crippen LogP contribution in [0.4, 0.5) is 19.0 Å². The van der Waals surface area contributed by atoms with Crippen molar-refractivity contribution in [2.24, 2.45) is 0 Å². The fourth-order valence-corrected chi connectivity index (χ4v) is 1.51. The van der Waals surface area contributed by atoms with Gasteiger partial charge in [0.25, 0.3) is 0 Å². The second kappa shape index (κ2) is 5.68. The van der Waals surface area contributed by atoms with Crippen LogP contribution in [0.2, 0.25) is 0 Å². The molecule has 0 aliphatic carbocycles. The zero-order chi connectivity index (χ0) is 14.6. The monoisotopic (exact) mass is 284 g/mol. The molecule has 0 radical (unpaired) electrons. The lowest BCUT2D eigenvalue weighted by Crippen LogP contribution is -2.17. The highest BCUT2D eigenvalue weighted by molar-refractivity contribution is 5.39. The molecule has 2 N–H and O–H groups in total. The zero-order valence-corrected chi connectivity index (χ0v) is 10.2. The first kappa shape index (κ1) is 14.0. The number of alkyl halides is 3. The van der Waals surface area contributed by atoms with Crippen molar-refractivity contribution >= 4 is 5.82 Å². The predicted octanol–water partition coefficient (Wildman–Crippen LogP) is 3.14. The van der Waals surface area contributed by atoms with Gasteiger partial charge in [0.15, 0.2) is 11.5 Å². The molecule has 0 unspecified atom stereocenters. The molecule has 2 aromatic rings. The number of pyridine rings is 1. The molecular weight excluding hydrogens is 273 g/mol. The molecule has 1 heterocycles. The molecule has 0 saturated heterocycles. The van der Waals surface area contributed by atoms with Gasteiger partial charge in [-0.25, -0.2) is 4.98 Å². The minimum absolute atomic E-state index is 0.0106. The number of rotatable bonds is 4. The summed E-state index contributed by atoms with van der Waals surface area (Å²) >= 11 is 0. The van der Waals surface area contributed by atoms with Gasteiger partial charge in [-0.2, -0.15) is 0 Å². The molecule has 0 saturated carbocycles. The third-order valence-electron chi connectivity index (χ3n) is 2.28. The molecule has 0 atom stereocenters. The standard InChI is InChI=1S/C13H11F3N2O2/c14-13(15,16)20-11-6-2-1-5-10(11)19-8-9-4-3-7-12(17)18-9/h1-7H,8H2,(H2,17,18). The van der Waals surface area contributed by atoms with E-state index in [0.717, 1.165) is 0 Å². The van der Waals surface area contributed by atoms with Gasteiger partial charge in [0.2, 0.25) is 0 Å². The normalized spacial score (nSPS) is 11.2. The van der Waals surface area contributed by atoms with E-state index in [9.17, 15) is 13.2 Å². The van der Waals surface area contributed by atoms with Gasteiger partial charge >= 0.3 is 6.36 Å². The number of nitrogen functional groups attached to an aromatic ring is 1. The Morgan fingerprint density at radius 2 is 1.70 bits per heavy atom. The van der Waals surface area contributed by atoms with Gasteiger partial charge in [-0.3, -0.25) is 0 Å². The average molecular weight is 284 g/mol. The highest BCUT2D eigenvalue weighted by atomic mass is 19.4. The topological polar surface area (TPSA) is 57.4 Å². The maximum Gasteiger partial charge on any atom is 0.573 e. The molecule has 20 heavy (non-hydrogen) atoms. The van der Waals surface area contributed by atoms with Crippen molar-refractivity contribution in [2.45, 2.75) is 13.0 Å². The highest BCUT2D eigenvalue weighted by Crippen LogP contribution is 2.32. The molecular formula is C13H11F3N2O2. The molecule has 0 aliphatic heterocycles. The van der Waals surface area contributed by atoms with Crippen LogP contribution in [0, 0.1) is 0 Å². The number of halogens is 3. The molecule has 0 bridgehead atoms. The number of benzene rings is 1. The number of para-hydroxylation sites is 2. The Kier molecular flexibility index (Phi) is 3.97. The van der Waals surface area contributed by atoms with E-state index in [-0.39, 0.29) is 12.4 Å². The van der Waals surface area contributed by atoms with E-state index in [1.165, 1.54) is 18.2 Å². The molecule has 2 rings (SSSR count). The van der Waals surface area contributed by atoms with E-state index in [4.69, 9.17) is 10.5 Å². The number of ether oxygens (including phenoxy) is 2. The smallest absolute Gasteiger partial charge is 0.483 e. The lowest BCUT2D eigenvalue weighted by molar-refractivity contribution is -0.275. The van der Waals surface area contributed by atoms with Gasteiger partial charge in [-0.15, -0.1) is 13.2 Å². The van der Waals surface area contributed by atoms with Gasteiger partial charge in [0, 0.05) is 0 Å². The Morgan fingerprint density at radius 3 is 2.35 bits per heavy atom. The third kappa shape index (κ3) is 4.04. The minimum Gasteiger partial charge on any atom is -0.483 e. The van der Waals surface area contributed by atoms with Crippen LogP contribution >= 0.6 is 0 Å². The number of hydrogen-bond acceptors (Lipinski definition) is 4. The van der Waals surface area contributed by atoms with E-state index in [2.05, 4.69) is 9.72 Å². The molecule has 0 spiro atoms. The maximum absolute atomic E-state index is 12.2. The predicted molar refractivity (Wildman–Crippen MR) is 66.1 cm³/mol. The van der Waals surface area contributed by atoms with E-state index in [1.807, 2.05) is 0 Å². The third-order valence-corrected chi connectivity index (χ3v) is 2.28. The molecule has 0 fully saturated rings. The molecule has 106 valence electrons. The van der Waals surface area contributed by atoms with Gasteiger partial charge in [0.05, 0.1) is 5.69 Å². The summed E-state index contributed by atoms with van der Waals surface area (Å²) in [6.45, 7) is -0.0106. The van der Waals surface area contributed by atoms with Crippen molar-refractivity contribution in [1.82, 2.24) is 4.98 Å². The van der Waals surface area contributed by atoms with Crippen LogP contribution in [0.1, 0.15) is 5.69 Å². The van der Waals surface area contributed by atoms with E-state index in [1.54, 1.807) is 24.3 Å². The summed E-state index contributed by atoms with van der Waals surface area (Å²) in [5.41, 5.74) is 6.01. The second-order valence-electron chi connectivity index (χ2n) is 3.84. The van der Waals surface area contributed by atoms with Crippen molar-refractivity contribution in [1.29, 1.82) is 0 Å².